The van der Waals surface area contributed by atoms with Gasteiger partial charge in [-0.15, -0.1) is 0 Å². The molecule has 1 nitrogen and oxygen atoms in total. The Bertz CT molecular complexity index is 229. The zero-order valence-corrected chi connectivity index (χ0v) is 8.33. The van der Waals surface area contributed by atoms with Crippen molar-refractivity contribution in [3.8, 4) is 0 Å². The van der Waals surface area contributed by atoms with Crippen LogP contribution in [0.2, 0.25) is 0 Å². The van der Waals surface area contributed by atoms with Gasteiger partial charge in [0.15, 0.2) is 0 Å². The third kappa shape index (κ3) is 1.84. The SMILES string of the molecule is CCCC(=O)CC1CC2C=CC1C2. The maximum Gasteiger partial charge on any atom is 0.133 e. The third-order valence-electron chi connectivity index (χ3n) is 3.44. The molecule has 0 aliphatic heterocycles. The van der Waals surface area contributed by atoms with Crippen LogP contribution in [0.4, 0.5) is 0 Å². The number of hydrogen-bond donors (Lipinski definition) is 0. The Hall–Kier alpha value is -0.590. The van der Waals surface area contributed by atoms with E-state index in [0.717, 1.165) is 31.1 Å². The molecule has 1 fully saturated rings. The van der Waals surface area contributed by atoms with Crippen molar-refractivity contribution in [1.82, 2.24) is 0 Å². The van der Waals surface area contributed by atoms with E-state index < -0.39 is 0 Å². The van der Waals surface area contributed by atoms with E-state index in [1.165, 1.54) is 12.8 Å². The van der Waals surface area contributed by atoms with Crippen molar-refractivity contribution < 1.29 is 4.79 Å². The van der Waals surface area contributed by atoms with Gasteiger partial charge in [-0.2, -0.15) is 0 Å². The summed E-state index contributed by atoms with van der Waals surface area (Å²) in [7, 11) is 0. The molecule has 1 heteroatoms. The van der Waals surface area contributed by atoms with E-state index in [0.29, 0.717) is 11.7 Å². The van der Waals surface area contributed by atoms with Crippen molar-refractivity contribution in [3.05, 3.63) is 12.2 Å². The molecule has 1 saturated carbocycles. The van der Waals surface area contributed by atoms with Gasteiger partial charge < -0.3 is 0 Å². The van der Waals surface area contributed by atoms with E-state index >= 15 is 0 Å². The topological polar surface area (TPSA) is 17.1 Å². The Morgan fingerprint density at radius 1 is 1.38 bits per heavy atom. The number of rotatable bonds is 4. The smallest absolute Gasteiger partial charge is 0.133 e. The van der Waals surface area contributed by atoms with Gasteiger partial charge in [0.25, 0.3) is 0 Å². The molecule has 0 N–H and O–H groups in total. The first kappa shape index (κ1) is 8.98. The normalized spacial score (nSPS) is 35.6. The molecular weight excluding hydrogens is 160 g/mol. The van der Waals surface area contributed by atoms with Crippen LogP contribution in [0.5, 0.6) is 0 Å². The average Bonchev–Trinajstić information content (AvgIpc) is 2.65. The van der Waals surface area contributed by atoms with Crippen LogP contribution in [0.25, 0.3) is 0 Å². The van der Waals surface area contributed by atoms with E-state index in [9.17, 15) is 4.79 Å². The number of carbonyl (C=O) groups excluding carboxylic acids is 1. The highest BCUT2D eigenvalue weighted by atomic mass is 16.1. The van der Waals surface area contributed by atoms with Gasteiger partial charge >= 0.3 is 0 Å². The molecule has 3 atom stereocenters. The van der Waals surface area contributed by atoms with Crippen molar-refractivity contribution in [2.75, 3.05) is 0 Å². The van der Waals surface area contributed by atoms with Gasteiger partial charge in [-0.25, -0.2) is 0 Å². The standard InChI is InChI=1S/C12H18O/c1-2-3-12(13)8-11-7-9-4-5-10(11)6-9/h4-5,9-11H,2-3,6-8H2,1H3. The molecule has 72 valence electrons. The number of fused-ring (bicyclic) bond motifs is 2. The van der Waals surface area contributed by atoms with Crippen LogP contribution in [-0.2, 0) is 4.79 Å². The first-order chi connectivity index (χ1) is 6.29. The minimum Gasteiger partial charge on any atom is -0.300 e. The molecule has 0 aromatic carbocycles. The van der Waals surface area contributed by atoms with E-state index in [4.69, 9.17) is 0 Å². The van der Waals surface area contributed by atoms with Gasteiger partial charge in [0.1, 0.15) is 5.78 Å². The van der Waals surface area contributed by atoms with Crippen molar-refractivity contribution >= 4 is 5.78 Å². The maximum atomic E-state index is 11.5. The molecule has 2 aliphatic rings. The number of hydrogen-bond acceptors (Lipinski definition) is 1. The Kier molecular flexibility index (Phi) is 2.52. The van der Waals surface area contributed by atoms with Gasteiger partial charge in [-0.1, -0.05) is 19.1 Å². The van der Waals surface area contributed by atoms with E-state index in [1.54, 1.807) is 0 Å². The quantitative estimate of drug-likeness (QED) is 0.605. The minimum absolute atomic E-state index is 0.480. The summed E-state index contributed by atoms with van der Waals surface area (Å²) in [4.78, 5) is 11.5. The summed E-state index contributed by atoms with van der Waals surface area (Å²) in [6.07, 6.45) is 9.91. The first-order valence-electron chi connectivity index (χ1n) is 5.49. The maximum absolute atomic E-state index is 11.5. The number of allylic oxidation sites excluding steroid dienone is 2. The molecule has 2 rings (SSSR count). The molecular formula is C12H18O. The highest BCUT2D eigenvalue weighted by Gasteiger charge is 2.36. The highest BCUT2D eigenvalue weighted by molar-refractivity contribution is 5.78. The summed E-state index contributed by atoms with van der Waals surface area (Å²) in [5.74, 6) is 2.72. The Balaban J connectivity index is 1.83. The zero-order valence-electron chi connectivity index (χ0n) is 8.33. The van der Waals surface area contributed by atoms with Gasteiger partial charge in [0.05, 0.1) is 0 Å². The summed E-state index contributed by atoms with van der Waals surface area (Å²) in [6, 6.07) is 0. The number of Topliss-reactive ketones (excluding diaryl/α,β-unsaturated/α-hetero) is 1. The molecule has 0 amide bonds. The van der Waals surface area contributed by atoms with Gasteiger partial charge in [-0.05, 0) is 37.0 Å². The molecule has 13 heavy (non-hydrogen) atoms. The van der Waals surface area contributed by atoms with E-state index in [-0.39, 0.29) is 0 Å². The Morgan fingerprint density at radius 3 is 2.77 bits per heavy atom. The second kappa shape index (κ2) is 3.65. The molecule has 0 spiro atoms. The summed E-state index contributed by atoms with van der Waals surface area (Å²) in [5, 5.41) is 0. The lowest BCUT2D eigenvalue weighted by Gasteiger charge is -2.16. The fourth-order valence-electron chi connectivity index (χ4n) is 2.80. The lowest BCUT2D eigenvalue weighted by molar-refractivity contribution is -0.120. The molecule has 0 aromatic heterocycles. The van der Waals surface area contributed by atoms with E-state index in [1.807, 2.05) is 0 Å². The van der Waals surface area contributed by atoms with Crippen LogP contribution in [0.1, 0.15) is 39.0 Å². The van der Waals surface area contributed by atoms with Gasteiger partial charge in [-0.3, -0.25) is 4.79 Å². The lowest BCUT2D eigenvalue weighted by Crippen LogP contribution is -2.12. The van der Waals surface area contributed by atoms with Crippen molar-refractivity contribution in [1.29, 1.82) is 0 Å². The fourth-order valence-corrected chi connectivity index (χ4v) is 2.80. The van der Waals surface area contributed by atoms with E-state index in [2.05, 4.69) is 19.1 Å². The van der Waals surface area contributed by atoms with Crippen LogP contribution >= 0.6 is 0 Å². The first-order valence-corrected chi connectivity index (χ1v) is 5.49. The summed E-state index contributed by atoms with van der Waals surface area (Å²) < 4.78 is 0. The van der Waals surface area contributed by atoms with Gasteiger partial charge in [0, 0.05) is 12.8 Å². The van der Waals surface area contributed by atoms with Crippen molar-refractivity contribution in [2.45, 2.75) is 39.0 Å². The molecule has 0 aromatic rings. The van der Waals surface area contributed by atoms with Crippen LogP contribution in [0, 0.1) is 17.8 Å². The molecule has 0 heterocycles. The monoisotopic (exact) mass is 178 g/mol. The minimum atomic E-state index is 0.480. The Labute approximate surface area is 80.2 Å². The van der Waals surface area contributed by atoms with Crippen molar-refractivity contribution in [2.24, 2.45) is 17.8 Å². The van der Waals surface area contributed by atoms with Gasteiger partial charge in [0.2, 0.25) is 0 Å². The number of carbonyl (C=O) groups is 1. The second-order valence-electron chi connectivity index (χ2n) is 4.53. The molecule has 0 saturated heterocycles. The predicted molar refractivity (Wildman–Crippen MR) is 53.4 cm³/mol. The second-order valence-corrected chi connectivity index (χ2v) is 4.53. The van der Waals surface area contributed by atoms with Crippen molar-refractivity contribution in [3.63, 3.8) is 0 Å². The largest absolute Gasteiger partial charge is 0.300 e. The molecule has 0 radical (unpaired) electrons. The summed E-state index contributed by atoms with van der Waals surface area (Å²) in [6.45, 7) is 2.08. The summed E-state index contributed by atoms with van der Waals surface area (Å²) in [5.41, 5.74) is 0. The zero-order chi connectivity index (χ0) is 9.26. The fraction of sp³-hybridized carbons (Fsp3) is 0.750. The summed E-state index contributed by atoms with van der Waals surface area (Å²) >= 11 is 0. The predicted octanol–water partition coefficient (Wildman–Crippen LogP) is 2.96. The molecule has 3 unspecified atom stereocenters. The Morgan fingerprint density at radius 2 is 2.23 bits per heavy atom. The highest BCUT2D eigenvalue weighted by Crippen LogP contribution is 2.45. The van der Waals surface area contributed by atoms with Crippen LogP contribution < -0.4 is 0 Å². The molecule has 2 bridgehead atoms. The van der Waals surface area contributed by atoms with Crippen LogP contribution in [0.15, 0.2) is 12.2 Å². The van der Waals surface area contributed by atoms with Crippen LogP contribution in [-0.4, -0.2) is 5.78 Å². The van der Waals surface area contributed by atoms with Crippen LogP contribution in [0.3, 0.4) is 0 Å². The number of ketones is 1. The lowest BCUT2D eigenvalue weighted by atomic mass is 9.88. The average molecular weight is 178 g/mol. The molecule has 2 aliphatic carbocycles. The third-order valence-corrected chi connectivity index (χ3v) is 3.44.